The number of nitrogens with zero attached hydrogens (tertiary/aromatic N) is 1. The zero-order valence-corrected chi connectivity index (χ0v) is 14.8. The van der Waals surface area contributed by atoms with E-state index < -0.39 is 5.97 Å². The van der Waals surface area contributed by atoms with Crippen LogP contribution in [0.3, 0.4) is 0 Å². The lowest BCUT2D eigenvalue weighted by atomic mass is 10.1. The van der Waals surface area contributed by atoms with E-state index in [0.29, 0.717) is 11.6 Å². The summed E-state index contributed by atoms with van der Waals surface area (Å²) in [7, 11) is 1.45. The van der Waals surface area contributed by atoms with Crippen LogP contribution in [0, 0.1) is 0 Å². The molecular formula is C15H20Cl3NO3. The molecule has 2 rings (SSSR count). The number of carbonyl (C=O) groups is 1. The van der Waals surface area contributed by atoms with Gasteiger partial charge >= 0.3 is 5.97 Å². The molecule has 1 fully saturated rings. The maximum absolute atomic E-state index is 12.2. The average molecular weight is 369 g/mol. The Balaban J connectivity index is 0.00000242. The summed E-state index contributed by atoms with van der Waals surface area (Å²) in [6.07, 6.45) is 3.70. The van der Waals surface area contributed by atoms with Crippen molar-refractivity contribution in [1.29, 1.82) is 0 Å². The van der Waals surface area contributed by atoms with Crippen molar-refractivity contribution in [1.82, 2.24) is 4.90 Å². The lowest BCUT2D eigenvalue weighted by Crippen LogP contribution is -2.33. The van der Waals surface area contributed by atoms with Crippen molar-refractivity contribution in [3.05, 3.63) is 27.7 Å². The van der Waals surface area contributed by atoms with Gasteiger partial charge in [0, 0.05) is 6.54 Å². The zero-order valence-electron chi connectivity index (χ0n) is 12.4. The van der Waals surface area contributed by atoms with Crippen LogP contribution in [-0.2, 0) is 4.74 Å². The Hall–Kier alpha value is -0.680. The van der Waals surface area contributed by atoms with E-state index >= 15 is 0 Å². The second kappa shape index (κ2) is 9.46. The van der Waals surface area contributed by atoms with E-state index in [1.807, 2.05) is 0 Å². The lowest BCUT2D eigenvalue weighted by molar-refractivity contribution is 0.0449. The predicted molar refractivity (Wildman–Crippen MR) is 90.8 cm³/mol. The molecule has 0 aromatic heterocycles. The number of hydrogen-bond acceptors (Lipinski definition) is 4. The van der Waals surface area contributed by atoms with E-state index in [9.17, 15) is 4.79 Å². The van der Waals surface area contributed by atoms with Crippen LogP contribution in [0.5, 0.6) is 5.75 Å². The highest BCUT2D eigenvalue weighted by Gasteiger charge is 2.21. The Kier molecular flexibility index (Phi) is 8.33. The number of esters is 1. The summed E-state index contributed by atoms with van der Waals surface area (Å²) in [5.41, 5.74) is 0.185. The van der Waals surface area contributed by atoms with E-state index in [1.54, 1.807) is 12.1 Å². The molecule has 0 amide bonds. The summed E-state index contributed by atoms with van der Waals surface area (Å²) in [6.45, 7) is 3.22. The molecule has 0 atom stereocenters. The molecule has 1 heterocycles. The molecule has 22 heavy (non-hydrogen) atoms. The third-order valence-corrected chi connectivity index (χ3v) is 4.17. The molecule has 1 aromatic carbocycles. The van der Waals surface area contributed by atoms with E-state index in [1.165, 1.54) is 26.4 Å². The van der Waals surface area contributed by atoms with E-state index in [2.05, 4.69) is 4.90 Å². The Morgan fingerprint density at radius 2 is 1.82 bits per heavy atom. The molecule has 1 aliphatic rings. The van der Waals surface area contributed by atoms with Gasteiger partial charge < -0.3 is 9.47 Å². The molecule has 7 heteroatoms. The molecular weight excluding hydrogens is 349 g/mol. The van der Waals surface area contributed by atoms with Crippen LogP contribution >= 0.6 is 35.6 Å². The quantitative estimate of drug-likeness (QED) is 0.735. The molecule has 1 aliphatic heterocycles. The number of hydrogen-bond donors (Lipinski definition) is 0. The molecule has 0 bridgehead atoms. The number of halogens is 3. The number of piperidine rings is 1. The largest absolute Gasteiger partial charge is 0.494 e. The highest BCUT2D eigenvalue weighted by Crippen LogP contribution is 2.34. The summed E-state index contributed by atoms with van der Waals surface area (Å²) in [5.74, 6) is -0.247. The van der Waals surface area contributed by atoms with E-state index in [-0.39, 0.29) is 28.7 Å². The van der Waals surface area contributed by atoms with Gasteiger partial charge in [-0.05, 0) is 38.1 Å². The van der Waals surface area contributed by atoms with Crippen molar-refractivity contribution in [2.75, 3.05) is 33.4 Å². The topological polar surface area (TPSA) is 38.8 Å². The van der Waals surface area contributed by atoms with Crippen molar-refractivity contribution in [3.63, 3.8) is 0 Å². The van der Waals surface area contributed by atoms with Crippen molar-refractivity contribution in [2.24, 2.45) is 0 Å². The van der Waals surface area contributed by atoms with E-state index in [4.69, 9.17) is 32.7 Å². The SMILES string of the molecule is COc1c(Cl)ccc(Cl)c1C(=O)OCCN1CCCCC1.Cl. The monoisotopic (exact) mass is 367 g/mol. The van der Waals surface area contributed by atoms with Crippen molar-refractivity contribution < 1.29 is 14.3 Å². The molecule has 0 unspecified atom stereocenters. The van der Waals surface area contributed by atoms with Gasteiger partial charge in [-0.3, -0.25) is 4.90 Å². The van der Waals surface area contributed by atoms with Gasteiger partial charge in [0.05, 0.1) is 17.2 Å². The summed E-state index contributed by atoms with van der Waals surface area (Å²) >= 11 is 12.1. The Bertz CT molecular complexity index is 505. The van der Waals surface area contributed by atoms with Gasteiger partial charge in [0.15, 0.2) is 5.75 Å². The fourth-order valence-electron chi connectivity index (χ4n) is 2.45. The molecule has 124 valence electrons. The first kappa shape index (κ1) is 19.4. The third kappa shape index (κ3) is 4.92. The molecule has 4 nitrogen and oxygen atoms in total. The normalized spacial score (nSPS) is 15.0. The lowest BCUT2D eigenvalue weighted by Gasteiger charge is -2.26. The second-order valence-corrected chi connectivity index (χ2v) is 5.79. The van der Waals surface area contributed by atoms with Crippen molar-refractivity contribution >= 4 is 41.6 Å². The van der Waals surface area contributed by atoms with Crippen LogP contribution in [0.4, 0.5) is 0 Å². The number of methoxy groups -OCH3 is 1. The maximum atomic E-state index is 12.2. The van der Waals surface area contributed by atoms with Crippen molar-refractivity contribution in [2.45, 2.75) is 19.3 Å². The minimum Gasteiger partial charge on any atom is -0.494 e. The van der Waals surface area contributed by atoms with Gasteiger partial charge in [0.25, 0.3) is 0 Å². The summed E-state index contributed by atoms with van der Waals surface area (Å²) in [5, 5.41) is 0.615. The number of carbonyl (C=O) groups excluding carboxylic acids is 1. The first-order valence-electron chi connectivity index (χ1n) is 7.05. The van der Waals surface area contributed by atoms with Gasteiger partial charge in [0.2, 0.25) is 0 Å². The van der Waals surface area contributed by atoms with Crippen LogP contribution in [0.25, 0.3) is 0 Å². The summed E-state index contributed by atoms with van der Waals surface area (Å²) < 4.78 is 10.5. The fraction of sp³-hybridized carbons (Fsp3) is 0.533. The van der Waals surface area contributed by atoms with Gasteiger partial charge in [-0.25, -0.2) is 4.79 Å². The minimum atomic E-state index is -0.503. The molecule has 0 N–H and O–H groups in total. The van der Waals surface area contributed by atoms with Crippen LogP contribution in [0.1, 0.15) is 29.6 Å². The van der Waals surface area contributed by atoms with Gasteiger partial charge in [0.1, 0.15) is 12.2 Å². The highest BCUT2D eigenvalue weighted by atomic mass is 35.5. The summed E-state index contributed by atoms with van der Waals surface area (Å²) in [6, 6.07) is 3.15. The van der Waals surface area contributed by atoms with E-state index in [0.717, 1.165) is 19.6 Å². The molecule has 0 aliphatic carbocycles. The molecule has 0 radical (unpaired) electrons. The number of benzene rings is 1. The maximum Gasteiger partial charge on any atom is 0.343 e. The minimum absolute atomic E-state index is 0. The molecule has 1 aromatic rings. The average Bonchev–Trinajstić information content (AvgIpc) is 2.50. The van der Waals surface area contributed by atoms with Crippen LogP contribution in [0.2, 0.25) is 10.0 Å². The molecule has 1 saturated heterocycles. The predicted octanol–water partition coefficient (Wildman–Crippen LogP) is 4.07. The number of rotatable bonds is 5. The van der Waals surface area contributed by atoms with Crippen molar-refractivity contribution in [3.8, 4) is 5.75 Å². The highest BCUT2D eigenvalue weighted by molar-refractivity contribution is 6.37. The molecule has 0 spiro atoms. The Morgan fingerprint density at radius 1 is 1.18 bits per heavy atom. The first-order valence-corrected chi connectivity index (χ1v) is 7.80. The van der Waals surface area contributed by atoms with Gasteiger partial charge in [-0.1, -0.05) is 29.6 Å². The van der Waals surface area contributed by atoms with Gasteiger partial charge in [-0.2, -0.15) is 0 Å². The Morgan fingerprint density at radius 3 is 2.45 bits per heavy atom. The second-order valence-electron chi connectivity index (χ2n) is 4.98. The standard InChI is InChI=1S/C15H19Cl2NO3.ClH/c1-20-14-12(17)6-5-11(16)13(14)15(19)21-10-9-18-7-3-2-4-8-18;/h5-6H,2-4,7-10H2,1H3;1H. The summed E-state index contributed by atoms with van der Waals surface area (Å²) in [4.78, 5) is 14.5. The number of ether oxygens (including phenoxy) is 2. The Labute approximate surface area is 147 Å². The smallest absolute Gasteiger partial charge is 0.343 e. The van der Waals surface area contributed by atoms with Crippen LogP contribution < -0.4 is 4.74 Å². The zero-order chi connectivity index (χ0) is 15.2. The van der Waals surface area contributed by atoms with Crippen LogP contribution in [0.15, 0.2) is 12.1 Å². The number of likely N-dealkylation sites (tertiary alicyclic amines) is 1. The van der Waals surface area contributed by atoms with Crippen LogP contribution in [-0.4, -0.2) is 44.2 Å². The molecule has 0 saturated carbocycles. The first-order chi connectivity index (χ1) is 10.1. The third-order valence-electron chi connectivity index (χ3n) is 3.56. The van der Waals surface area contributed by atoms with Gasteiger partial charge in [-0.15, -0.1) is 12.4 Å². The fourth-order valence-corrected chi connectivity index (χ4v) is 2.91.